The zero-order valence-electron chi connectivity index (χ0n) is 40.8. The fourth-order valence-electron chi connectivity index (χ4n) is 9.09. The molecular weight excluding hydrogens is 873 g/mol. The van der Waals surface area contributed by atoms with Crippen LogP contribution in [0.5, 0.6) is 11.5 Å². The van der Waals surface area contributed by atoms with Gasteiger partial charge in [-0.3, -0.25) is 9.59 Å². The Morgan fingerprint density at radius 2 is 0.676 bits per heavy atom. The highest BCUT2D eigenvalue weighted by molar-refractivity contribution is 6.09. The molecule has 0 saturated carbocycles. The molecule has 9 rings (SSSR count). The van der Waals surface area contributed by atoms with Gasteiger partial charge in [0.15, 0.2) is 5.78 Å². The van der Waals surface area contributed by atoms with E-state index in [0.717, 1.165) is 76.7 Å². The highest BCUT2D eigenvalue weighted by atomic mass is 16.5. The third-order valence-corrected chi connectivity index (χ3v) is 13.3. The lowest BCUT2D eigenvalue weighted by atomic mass is 9.78. The number of carbonyl (C=O) groups is 2. The fourth-order valence-corrected chi connectivity index (χ4v) is 9.09. The molecule has 0 atom stereocenters. The molecule has 71 heavy (non-hydrogen) atoms. The number of benzene rings is 9. The Bertz CT molecular complexity index is 3150. The second kappa shape index (κ2) is 21.9. The van der Waals surface area contributed by atoms with Crippen molar-refractivity contribution in [3.05, 3.63) is 275 Å². The number of aryl methyl sites for hydroxylation is 4. The van der Waals surface area contributed by atoms with Gasteiger partial charge in [-0.05, 0) is 168 Å². The van der Waals surface area contributed by atoms with E-state index in [1.165, 1.54) is 29.2 Å². The maximum absolute atomic E-state index is 13.8. The molecule has 0 fully saturated rings. The number of methoxy groups -OCH3 is 1. The molecule has 6 nitrogen and oxygen atoms in total. The van der Waals surface area contributed by atoms with E-state index in [9.17, 15) is 9.59 Å². The summed E-state index contributed by atoms with van der Waals surface area (Å²) in [5.41, 5.74) is 14.7. The zero-order valence-corrected chi connectivity index (χ0v) is 40.8. The number of ether oxygens (including phenoxy) is 2. The number of esters is 1. The van der Waals surface area contributed by atoms with Crippen LogP contribution in [0.4, 0.5) is 34.1 Å². The number of hydrogen-bond donors (Lipinski definition) is 0. The van der Waals surface area contributed by atoms with E-state index in [4.69, 9.17) is 9.47 Å². The van der Waals surface area contributed by atoms with Crippen molar-refractivity contribution in [1.82, 2.24) is 0 Å². The highest BCUT2D eigenvalue weighted by Gasteiger charge is 2.24. The fraction of sp³-hybridized carbons (Fsp3) is 0.138. The lowest BCUT2D eigenvalue weighted by Gasteiger charge is -2.26. The van der Waals surface area contributed by atoms with Gasteiger partial charge >= 0.3 is 5.97 Å². The van der Waals surface area contributed by atoms with Crippen LogP contribution in [0.2, 0.25) is 0 Å². The predicted molar refractivity (Wildman–Crippen MR) is 290 cm³/mol. The van der Waals surface area contributed by atoms with Gasteiger partial charge in [0.25, 0.3) is 0 Å². The Balaban J connectivity index is 0.805. The third kappa shape index (κ3) is 11.5. The van der Waals surface area contributed by atoms with E-state index in [1.807, 2.05) is 109 Å². The van der Waals surface area contributed by atoms with Gasteiger partial charge in [0, 0.05) is 57.6 Å². The van der Waals surface area contributed by atoms with Crippen LogP contribution in [0.15, 0.2) is 231 Å². The number of para-hydroxylation sites is 2. The number of anilines is 6. The van der Waals surface area contributed by atoms with Gasteiger partial charge in [-0.2, -0.15) is 0 Å². The van der Waals surface area contributed by atoms with Crippen molar-refractivity contribution in [3.63, 3.8) is 0 Å². The van der Waals surface area contributed by atoms with Crippen LogP contribution in [0.25, 0.3) is 0 Å². The molecule has 0 N–H and O–H groups in total. The highest BCUT2D eigenvalue weighted by Crippen LogP contribution is 2.38. The van der Waals surface area contributed by atoms with Gasteiger partial charge in [0.05, 0.1) is 7.11 Å². The van der Waals surface area contributed by atoms with Gasteiger partial charge in [-0.25, -0.2) is 0 Å². The molecule has 0 saturated heterocycles. The predicted octanol–water partition coefficient (Wildman–Crippen LogP) is 15.7. The first-order valence-corrected chi connectivity index (χ1v) is 24.3. The Morgan fingerprint density at radius 3 is 1.04 bits per heavy atom. The first kappa shape index (κ1) is 47.6. The van der Waals surface area contributed by atoms with Crippen LogP contribution >= 0.6 is 0 Å². The molecule has 0 aromatic heterocycles. The molecule has 9 aromatic rings. The zero-order chi connectivity index (χ0) is 49.2. The van der Waals surface area contributed by atoms with E-state index in [1.54, 1.807) is 7.11 Å². The number of rotatable bonds is 18. The van der Waals surface area contributed by atoms with Gasteiger partial charge < -0.3 is 19.3 Å². The van der Waals surface area contributed by atoms with Crippen molar-refractivity contribution < 1.29 is 19.1 Å². The van der Waals surface area contributed by atoms with E-state index in [2.05, 4.69) is 145 Å². The lowest BCUT2D eigenvalue weighted by molar-refractivity contribution is -0.131. The maximum atomic E-state index is 13.8. The standard InChI is InChI=1S/C65H58N2O4/c1-47(68)71-63-43-33-55(34-44-63)65(2,3)54-31-27-52(28-32-54)64(69)53-29-39-60(40-30-53)66(56-11-7-5-8-12-56)58-35-23-50(24-36-58)21-19-48-15-17-49(18-16-48)20-22-51-25-37-59(38-26-51)67(57-13-9-6-10-14-57)61-41-45-62(70-4)46-42-61/h5-18,23-46H,19-22H2,1-4H3. The van der Waals surface area contributed by atoms with Crippen molar-refractivity contribution >= 4 is 45.9 Å². The molecule has 0 radical (unpaired) electrons. The van der Waals surface area contributed by atoms with Gasteiger partial charge in [0.2, 0.25) is 0 Å². The third-order valence-electron chi connectivity index (χ3n) is 13.3. The number of ketones is 1. The summed E-state index contributed by atoms with van der Waals surface area (Å²) in [6, 6.07) is 79.1. The Morgan fingerprint density at radius 1 is 0.380 bits per heavy atom. The summed E-state index contributed by atoms with van der Waals surface area (Å²) in [6.07, 6.45) is 3.84. The first-order valence-electron chi connectivity index (χ1n) is 24.3. The van der Waals surface area contributed by atoms with Crippen LogP contribution < -0.4 is 19.3 Å². The summed E-state index contributed by atoms with van der Waals surface area (Å²) in [5, 5.41) is 0. The van der Waals surface area contributed by atoms with Crippen molar-refractivity contribution in [3.8, 4) is 11.5 Å². The van der Waals surface area contributed by atoms with E-state index < -0.39 is 0 Å². The van der Waals surface area contributed by atoms with Crippen LogP contribution in [-0.4, -0.2) is 18.9 Å². The van der Waals surface area contributed by atoms with Crippen LogP contribution in [-0.2, 0) is 35.9 Å². The minimum atomic E-state index is -0.347. The molecule has 0 amide bonds. The summed E-state index contributed by atoms with van der Waals surface area (Å²) in [5.74, 6) is 0.977. The quantitative estimate of drug-likeness (QED) is 0.0485. The second-order valence-corrected chi connectivity index (χ2v) is 18.4. The van der Waals surface area contributed by atoms with Crippen LogP contribution in [0.1, 0.15) is 70.1 Å². The minimum absolute atomic E-state index is 0.0312. The Hall–Kier alpha value is -8.48. The van der Waals surface area contributed by atoms with Crippen molar-refractivity contribution in [2.24, 2.45) is 0 Å². The summed E-state index contributed by atoms with van der Waals surface area (Å²) in [6.45, 7) is 5.68. The summed E-state index contributed by atoms with van der Waals surface area (Å²) < 4.78 is 10.6. The molecule has 352 valence electrons. The average molecular weight is 931 g/mol. The second-order valence-electron chi connectivity index (χ2n) is 18.4. The summed E-state index contributed by atoms with van der Waals surface area (Å²) in [7, 11) is 1.69. The molecule has 0 unspecified atom stereocenters. The molecule has 0 aliphatic heterocycles. The van der Waals surface area contributed by atoms with E-state index in [0.29, 0.717) is 16.9 Å². The summed E-state index contributed by atoms with van der Waals surface area (Å²) >= 11 is 0. The average Bonchev–Trinajstić information content (AvgIpc) is 3.42. The molecule has 9 aromatic carbocycles. The van der Waals surface area contributed by atoms with E-state index >= 15 is 0 Å². The molecule has 6 heteroatoms. The van der Waals surface area contributed by atoms with Crippen molar-refractivity contribution in [2.45, 2.75) is 51.9 Å². The normalized spacial score (nSPS) is 11.2. The Labute approximate surface area is 418 Å². The molecule has 0 aliphatic rings. The Kier molecular flexibility index (Phi) is 14.7. The number of carbonyl (C=O) groups excluding carboxylic acids is 2. The minimum Gasteiger partial charge on any atom is -0.497 e. The van der Waals surface area contributed by atoms with Crippen molar-refractivity contribution in [2.75, 3.05) is 16.9 Å². The van der Waals surface area contributed by atoms with Gasteiger partial charge in [0.1, 0.15) is 11.5 Å². The molecule has 0 heterocycles. The SMILES string of the molecule is COc1ccc(N(c2ccccc2)c2ccc(CCc3ccc(CCc4ccc(N(c5ccccc5)c5ccc(C(=O)c6ccc(C(C)(C)c7ccc(OC(C)=O)cc7)cc6)cc5)cc4)cc3)cc2)cc1. The largest absolute Gasteiger partial charge is 0.497 e. The molecule has 0 spiro atoms. The van der Waals surface area contributed by atoms with Crippen LogP contribution in [0, 0.1) is 0 Å². The smallest absolute Gasteiger partial charge is 0.308 e. The lowest BCUT2D eigenvalue weighted by Crippen LogP contribution is -2.19. The first-order chi connectivity index (χ1) is 34.6. The molecular formula is C65H58N2O4. The maximum Gasteiger partial charge on any atom is 0.308 e. The van der Waals surface area contributed by atoms with Gasteiger partial charge in [-0.15, -0.1) is 0 Å². The number of nitrogens with zero attached hydrogens (tertiary/aromatic N) is 2. The molecule has 0 aliphatic carbocycles. The topological polar surface area (TPSA) is 59.1 Å². The monoisotopic (exact) mass is 930 g/mol. The van der Waals surface area contributed by atoms with Crippen LogP contribution in [0.3, 0.4) is 0 Å². The molecule has 0 bridgehead atoms. The van der Waals surface area contributed by atoms with E-state index in [-0.39, 0.29) is 17.2 Å². The number of hydrogen-bond acceptors (Lipinski definition) is 6. The van der Waals surface area contributed by atoms with Crippen molar-refractivity contribution in [1.29, 1.82) is 0 Å². The summed E-state index contributed by atoms with van der Waals surface area (Å²) in [4.78, 5) is 29.6. The van der Waals surface area contributed by atoms with Gasteiger partial charge in [-0.1, -0.05) is 135 Å².